The van der Waals surface area contributed by atoms with Crippen molar-refractivity contribution in [3.05, 3.63) is 47.8 Å². The van der Waals surface area contributed by atoms with Gasteiger partial charge in [0.1, 0.15) is 11.3 Å². The van der Waals surface area contributed by atoms with Gasteiger partial charge in [0.05, 0.1) is 5.69 Å². The predicted molar refractivity (Wildman–Crippen MR) is 108 cm³/mol. The molecule has 5 nitrogen and oxygen atoms in total. The van der Waals surface area contributed by atoms with Gasteiger partial charge in [0, 0.05) is 30.2 Å². The Labute approximate surface area is 169 Å². The fraction of sp³-hybridized carbons (Fsp3) is 0.409. The van der Waals surface area contributed by atoms with Crippen LogP contribution in [0, 0.1) is 5.92 Å². The fourth-order valence-corrected chi connectivity index (χ4v) is 2.57. The predicted octanol–water partition coefficient (Wildman–Crippen LogP) is 6.05. The van der Waals surface area contributed by atoms with Gasteiger partial charge in [-0.2, -0.15) is 0 Å². The minimum atomic E-state index is -2.99. The molecule has 0 spiro atoms. The monoisotopic (exact) mass is 404 g/mol. The van der Waals surface area contributed by atoms with Crippen LogP contribution in [0.5, 0.6) is 0 Å². The summed E-state index contributed by atoms with van der Waals surface area (Å²) in [5.74, 6) is -3.58. The van der Waals surface area contributed by atoms with Crippen molar-refractivity contribution in [2.75, 3.05) is 5.32 Å². The Bertz CT molecular complexity index is 913. The Morgan fingerprint density at radius 3 is 2.28 bits per heavy atom. The molecule has 0 saturated heterocycles. The zero-order valence-electron chi connectivity index (χ0n) is 17.5. The van der Waals surface area contributed by atoms with Crippen molar-refractivity contribution >= 4 is 17.6 Å². The summed E-state index contributed by atoms with van der Waals surface area (Å²) in [6, 6.07) is 7.43. The van der Waals surface area contributed by atoms with E-state index >= 15 is 0 Å². The number of Topliss-reactive ketones (excluding diaryl/α,β-unsaturated/α-hetero) is 1. The summed E-state index contributed by atoms with van der Waals surface area (Å²) in [5.41, 5.74) is 0.378. The summed E-state index contributed by atoms with van der Waals surface area (Å²) in [7, 11) is 0. The Morgan fingerprint density at radius 2 is 1.72 bits per heavy atom. The standard InChI is InChI=1S/C22H26F2N2O3/c1-13(2)19(27)18-17(26-20(28)29-21(3,4)5)11-15(12-25-18)14-8-7-9-16(10-14)22(6,23)24/h7-13H,1-6H3,(H,26,28). The smallest absolute Gasteiger partial charge is 0.412 e. The van der Waals surface area contributed by atoms with Crippen LogP contribution in [0.1, 0.15) is 57.6 Å². The fourth-order valence-electron chi connectivity index (χ4n) is 2.57. The van der Waals surface area contributed by atoms with E-state index in [-0.39, 0.29) is 28.6 Å². The van der Waals surface area contributed by atoms with E-state index in [1.807, 2.05) is 0 Å². The number of halogens is 2. The van der Waals surface area contributed by atoms with Gasteiger partial charge in [-0.1, -0.05) is 32.0 Å². The number of nitrogens with zero attached hydrogens (tertiary/aromatic N) is 1. The molecule has 0 unspecified atom stereocenters. The Morgan fingerprint density at radius 1 is 1.07 bits per heavy atom. The first-order valence-electron chi connectivity index (χ1n) is 9.31. The SMILES string of the molecule is CC(C)C(=O)c1ncc(-c2cccc(C(C)(F)F)c2)cc1NC(=O)OC(C)(C)C. The van der Waals surface area contributed by atoms with Crippen LogP contribution in [-0.2, 0) is 10.7 Å². The van der Waals surface area contributed by atoms with E-state index in [9.17, 15) is 18.4 Å². The summed E-state index contributed by atoms with van der Waals surface area (Å²) >= 11 is 0. The zero-order valence-corrected chi connectivity index (χ0v) is 17.5. The largest absolute Gasteiger partial charge is 0.444 e. The van der Waals surface area contributed by atoms with E-state index in [4.69, 9.17) is 4.74 Å². The molecular weight excluding hydrogens is 378 g/mol. The molecule has 1 amide bonds. The lowest BCUT2D eigenvalue weighted by atomic mass is 9.99. The van der Waals surface area contributed by atoms with Gasteiger partial charge in [-0.15, -0.1) is 0 Å². The number of amides is 1. The van der Waals surface area contributed by atoms with Crippen LogP contribution in [0.25, 0.3) is 11.1 Å². The lowest BCUT2D eigenvalue weighted by Crippen LogP contribution is -2.28. The molecule has 1 heterocycles. The molecule has 2 aromatic rings. The molecular formula is C22H26F2N2O3. The van der Waals surface area contributed by atoms with E-state index in [0.29, 0.717) is 11.1 Å². The van der Waals surface area contributed by atoms with Gasteiger partial charge in [0.15, 0.2) is 5.78 Å². The normalized spacial score (nSPS) is 12.0. The molecule has 0 radical (unpaired) electrons. The van der Waals surface area contributed by atoms with Crippen molar-refractivity contribution in [2.24, 2.45) is 5.92 Å². The van der Waals surface area contributed by atoms with Gasteiger partial charge in [-0.05, 0) is 38.5 Å². The first-order chi connectivity index (χ1) is 13.3. The van der Waals surface area contributed by atoms with Gasteiger partial charge < -0.3 is 4.74 Å². The van der Waals surface area contributed by atoms with Gasteiger partial charge >= 0.3 is 6.09 Å². The number of alkyl halides is 2. The van der Waals surface area contributed by atoms with Crippen LogP contribution in [-0.4, -0.2) is 22.5 Å². The number of carbonyl (C=O) groups excluding carboxylic acids is 2. The Hall–Kier alpha value is -2.83. The van der Waals surface area contributed by atoms with Crippen LogP contribution in [0.3, 0.4) is 0 Å². The molecule has 1 aromatic heterocycles. The molecule has 0 aliphatic carbocycles. The molecule has 0 saturated carbocycles. The molecule has 1 aromatic carbocycles. The van der Waals surface area contributed by atoms with Crippen molar-refractivity contribution in [2.45, 2.75) is 53.1 Å². The van der Waals surface area contributed by atoms with Crippen molar-refractivity contribution in [3.63, 3.8) is 0 Å². The van der Waals surface area contributed by atoms with E-state index in [0.717, 1.165) is 6.92 Å². The minimum Gasteiger partial charge on any atom is -0.444 e. The average molecular weight is 404 g/mol. The van der Waals surface area contributed by atoms with Crippen LogP contribution in [0.2, 0.25) is 0 Å². The van der Waals surface area contributed by atoms with Crippen molar-refractivity contribution in [3.8, 4) is 11.1 Å². The van der Waals surface area contributed by atoms with E-state index in [1.54, 1.807) is 46.8 Å². The third kappa shape index (κ3) is 6.07. The molecule has 7 heteroatoms. The second-order valence-electron chi connectivity index (χ2n) is 8.24. The van der Waals surface area contributed by atoms with Crippen molar-refractivity contribution in [1.82, 2.24) is 4.98 Å². The van der Waals surface area contributed by atoms with Gasteiger partial charge in [-0.3, -0.25) is 15.1 Å². The third-order valence-corrected chi connectivity index (χ3v) is 3.98. The average Bonchev–Trinajstić information content (AvgIpc) is 2.58. The molecule has 2 rings (SSSR count). The number of carbonyl (C=O) groups is 2. The van der Waals surface area contributed by atoms with E-state index in [2.05, 4.69) is 10.3 Å². The lowest BCUT2D eigenvalue weighted by molar-refractivity contribution is 0.0175. The maximum Gasteiger partial charge on any atom is 0.412 e. The zero-order chi connectivity index (χ0) is 22.0. The summed E-state index contributed by atoms with van der Waals surface area (Å²) in [6.07, 6.45) is 0.700. The highest BCUT2D eigenvalue weighted by atomic mass is 19.3. The quantitative estimate of drug-likeness (QED) is 0.616. The summed E-state index contributed by atoms with van der Waals surface area (Å²) < 4.78 is 32.6. The Balaban J connectivity index is 2.49. The molecule has 0 bridgehead atoms. The molecule has 156 valence electrons. The van der Waals surface area contributed by atoms with Crippen molar-refractivity contribution < 1.29 is 23.1 Å². The molecule has 29 heavy (non-hydrogen) atoms. The number of ketones is 1. The number of nitrogens with one attached hydrogen (secondary N) is 1. The summed E-state index contributed by atoms with van der Waals surface area (Å²) in [5, 5.41) is 2.57. The molecule has 0 fully saturated rings. The van der Waals surface area contributed by atoms with Crippen LogP contribution in [0.4, 0.5) is 19.3 Å². The van der Waals surface area contributed by atoms with Gasteiger partial charge in [0.25, 0.3) is 5.92 Å². The summed E-state index contributed by atoms with van der Waals surface area (Å²) in [6.45, 7) is 9.43. The highest BCUT2D eigenvalue weighted by Crippen LogP contribution is 2.32. The highest BCUT2D eigenvalue weighted by Gasteiger charge is 2.25. The molecule has 0 atom stereocenters. The maximum absolute atomic E-state index is 13.7. The van der Waals surface area contributed by atoms with E-state index < -0.39 is 17.6 Å². The van der Waals surface area contributed by atoms with Crippen LogP contribution in [0.15, 0.2) is 36.5 Å². The van der Waals surface area contributed by atoms with E-state index in [1.165, 1.54) is 24.4 Å². The van der Waals surface area contributed by atoms with Crippen molar-refractivity contribution in [1.29, 1.82) is 0 Å². The number of anilines is 1. The van der Waals surface area contributed by atoms with Crippen LogP contribution < -0.4 is 5.32 Å². The second-order valence-corrected chi connectivity index (χ2v) is 8.24. The summed E-state index contributed by atoms with van der Waals surface area (Å²) in [4.78, 5) is 29.0. The molecule has 1 N–H and O–H groups in total. The highest BCUT2D eigenvalue weighted by molar-refractivity contribution is 6.03. The number of aromatic nitrogens is 1. The third-order valence-electron chi connectivity index (χ3n) is 3.98. The van der Waals surface area contributed by atoms with Gasteiger partial charge in [0.2, 0.25) is 0 Å². The maximum atomic E-state index is 13.7. The van der Waals surface area contributed by atoms with Gasteiger partial charge in [-0.25, -0.2) is 13.6 Å². The first kappa shape index (κ1) is 22.5. The Kier molecular flexibility index (Phi) is 6.40. The van der Waals surface area contributed by atoms with Crippen LogP contribution >= 0.6 is 0 Å². The number of hydrogen-bond acceptors (Lipinski definition) is 4. The number of ether oxygens (including phenoxy) is 1. The first-order valence-corrected chi connectivity index (χ1v) is 9.31. The molecule has 0 aliphatic heterocycles. The number of hydrogen-bond donors (Lipinski definition) is 1. The molecule has 0 aliphatic rings. The second kappa shape index (κ2) is 8.27. The topological polar surface area (TPSA) is 68.3 Å². The minimum absolute atomic E-state index is 0.0894. The lowest BCUT2D eigenvalue weighted by Gasteiger charge is -2.20. The number of pyridine rings is 1. The number of rotatable bonds is 5. The number of benzene rings is 1.